The molecule has 0 amide bonds. The average molecular weight is 490 g/mol. The molecular formula is C26H23N3O5S. The quantitative estimate of drug-likeness (QED) is 0.151. The molecule has 1 aliphatic rings. The largest absolute Gasteiger partial charge is 0.467 e. The molecule has 5 rings (SSSR count). The zero-order valence-electron chi connectivity index (χ0n) is 19.3. The van der Waals surface area contributed by atoms with Crippen LogP contribution in [0.25, 0.3) is 16.6 Å². The lowest BCUT2D eigenvalue weighted by molar-refractivity contribution is -0.385. The van der Waals surface area contributed by atoms with Crippen LogP contribution in [0.1, 0.15) is 36.5 Å². The lowest BCUT2D eigenvalue weighted by Crippen LogP contribution is -2.22. The normalized spacial score (nSPS) is 13.0. The van der Waals surface area contributed by atoms with Crippen molar-refractivity contribution in [2.75, 3.05) is 6.79 Å². The Morgan fingerprint density at radius 2 is 1.91 bits per heavy atom. The van der Waals surface area contributed by atoms with E-state index in [0.717, 1.165) is 0 Å². The molecule has 2 heterocycles. The molecule has 0 bridgehead atoms. The molecule has 4 aromatic rings. The van der Waals surface area contributed by atoms with Crippen LogP contribution in [-0.2, 0) is 17.1 Å². The molecule has 35 heavy (non-hydrogen) atoms. The average Bonchev–Trinajstić information content (AvgIpc) is 2.87. The number of aromatic nitrogens is 2. The van der Waals surface area contributed by atoms with Gasteiger partial charge < -0.3 is 9.47 Å². The number of nitrogens with zero attached hydrogens (tertiary/aromatic N) is 3. The topological polar surface area (TPSA) is 96.5 Å². The highest BCUT2D eigenvalue weighted by atomic mass is 32.2. The van der Waals surface area contributed by atoms with Gasteiger partial charge in [-0.3, -0.25) is 19.5 Å². The molecule has 0 aliphatic carbocycles. The summed E-state index contributed by atoms with van der Waals surface area (Å²) in [4.78, 5) is 29.4. The predicted octanol–water partition coefficient (Wildman–Crippen LogP) is 5.58. The summed E-state index contributed by atoms with van der Waals surface area (Å²) < 4.78 is 12.6. The van der Waals surface area contributed by atoms with E-state index in [1.54, 1.807) is 10.6 Å². The first-order valence-electron chi connectivity index (χ1n) is 11.2. The second kappa shape index (κ2) is 9.52. The molecule has 8 nitrogen and oxygen atoms in total. The van der Waals surface area contributed by atoms with Crippen molar-refractivity contribution >= 4 is 28.4 Å². The maximum Gasteiger partial charge on any atom is 0.270 e. The fourth-order valence-corrected chi connectivity index (χ4v) is 5.06. The van der Waals surface area contributed by atoms with Crippen molar-refractivity contribution < 1.29 is 14.4 Å². The first-order chi connectivity index (χ1) is 16.9. The van der Waals surface area contributed by atoms with Gasteiger partial charge in [-0.15, -0.1) is 0 Å². The molecule has 3 aromatic carbocycles. The number of nitro groups is 1. The number of ether oxygens (including phenoxy) is 2. The highest BCUT2D eigenvalue weighted by molar-refractivity contribution is 7.98. The molecule has 0 N–H and O–H groups in total. The molecule has 0 unspecified atom stereocenters. The van der Waals surface area contributed by atoms with Gasteiger partial charge in [0, 0.05) is 29.0 Å². The summed E-state index contributed by atoms with van der Waals surface area (Å²) in [6, 6.07) is 18.1. The van der Waals surface area contributed by atoms with Crippen LogP contribution in [-0.4, -0.2) is 21.3 Å². The number of hydrogen-bond donors (Lipinski definition) is 0. The number of non-ortho nitro benzene ring substituents is 1. The molecule has 1 aliphatic heterocycles. The van der Waals surface area contributed by atoms with Gasteiger partial charge in [0.25, 0.3) is 11.2 Å². The van der Waals surface area contributed by atoms with E-state index in [0.29, 0.717) is 50.3 Å². The van der Waals surface area contributed by atoms with E-state index in [-0.39, 0.29) is 24.6 Å². The summed E-state index contributed by atoms with van der Waals surface area (Å²) in [5.74, 6) is 1.29. The van der Waals surface area contributed by atoms with Crippen molar-refractivity contribution in [2.45, 2.75) is 37.3 Å². The van der Waals surface area contributed by atoms with E-state index < -0.39 is 4.92 Å². The van der Waals surface area contributed by atoms with Gasteiger partial charge in [0.05, 0.1) is 28.1 Å². The van der Waals surface area contributed by atoms with E-state index in [2.05, 4.69) is 13.8 Å². The van der Waals surface area contributed by atoms with Gasteiger partial charge in [0.1, 0.15) is 5.75 Å². The smallest absolute Gasteiger partial charge is 0.270 e. The van der Waals surface area contributed by atoms with Crippen molar-refractivity contribution in [3.63, 3.8) is 0 Å². The van der Waals surface area contributed by atoms with Crippen molar-refractivity contribution in [3.05, 3.63) is 97.8 Å². The Hall–Kier alpha value is -3.69. The highest BCUT2D eigenvalue weighted by Gasteiger charge is 2.22. The Balaban J connectivity index is 1.59. The predicted molar refractivity (Wildman–Crippen MR) is 134 cm³/mol. The first kappa shape index (κ1) is 23.1. The fraction of sp³-hybridized carbons (Fsp3) is 0.231. The maximum absolute atomic E-state index is 13.5. The second-order valence-electron chi connectivity index (χ2n) is 8.55. The third-order valence-electron chi connectivity index (χ3n) is 5.90. The zero-order chi connectivity index (χ0) is 24.5. The van der Waals surface area contributed by atoms with Crippen LogP contribution in [0.2, 0.25) is 0 Å². The number of para-hydroxylation sites is 1. The third-order valence-corrected chi connectivity index (χ3v) is 6.89. The third kappa shape index (κ3) is 4.52. The van der Waals surface area contributed by atoms with E-state index in [1.807, 2.05) is 42.5 Å². The Bertz CT molecular complexity index is 1480. The Morgan fingerprint density at radius 1 is 1.14 bits per heavy atom. The van der Waals surface area contributed by atoms with Crippen LogP contribution < -0.4 is 10.3 Å². The molecule has 0 saturated carbocycles. The number of thioether (sulfide) groups is 1. The van der Waals surface area contributed by atoms with Crippen molar-refractivity contribution in [1.82, 2.24) is 9.55 Å². The minimum atomic E-state index is -0.427. The van der Waals surface area contributed by atoms with Crippen molar-refractivity contribution in [1.29, 1.82) is 0 Å². The SMILES string of the molecule is CC(C)c1ccc(-n2c(SCc3cc([N+](=O)[O-])cc4c3OCOC4)nc3ccccc3c2=O)cc1. The highest BCUT2D eigenvalue weighted by Crippen LogP contribution is 2.36. The lowest BCUT2D eigenvalue weighted by atomic mass is 10.0. The number of nitro benzene ring substituents is 1. The van der Waals surface area contributed by atoms with Crippen LogP contribution in [0, 0.1) is 10.1 Å². The molecule has 1 aromatic heterocycles. The molecule has 0 radical (unpaired) electrons. The van der Waals surface area contributed by atoms with Crippen LogP contribution in [0.4, 0.5) is 5.69 Å². The first-order valence-corrected chi connectivity index (χ1v) is 12.2. The molecular weight excluding hydrogens is 466 g/mol. The summed E-state index contributed by atoms with van der Waals surface area (Å²) in [6.45, 7) is 4.57. The molecule has 0 atom stereocenters. The number of hydrogen-bond acceptors (Lipinski definition) is 7. The summed E-state index contributed by atoms with van der Waals surface area (Å²) >= 11 is 1.34. The summed E-state index contributed by atoms with van der Waals surface area (Å²) in [6.07, 6.45) is 0. The minimum absolute atomic E-state index is 0.0263. The van der Waals surface area contributed by atoms with Gasteiger partial charge in [-0.05, 0) is 35.7 Å². The van der Waals surface area contributed by atoms with Crippen molar-refractivity contribution in [3.8, 4) is 11.4 Å². The van der Waals surface area contributed by atoms with Crippen LogP contribution in [0.5, 0.6) is 5.75 Å². The number of benzene rings is 3. The molecule has 0 spiro atoms. The van der Waals surface area contributed by atoms with Gasteiger partial charge in [-0.25, -0.2) is 4.98 Å². The van der Waals surface area contributed by atoms with Gasteiger partial charge in [-0.1, -0.05) is 49.9 Å². The van der Waals surface area contributed by atoms with Crippen molar-refractivity contribution in [2.24, 2.45) is 0 Å². The molecule has 0 saturated heterocycles. The lowest BCUT2D eigenvalue weighted by Gasteiger charge is -2.20. The number of fused-ring (bicyclic) bond motifs is 2. The van der Waals surface area contributed by atoms with Gasteiger partial charge >= 0.3 is 0 Å². The van der Waals surface area contributed by atoms with E-state index in [1.165, 1.54) is 29.5 Å². The summed E-state index contributed by atoms with van der Waals surface area (Å²) in [5.41, 5.74) is 3.59. The van der Waals surface area contributed by atoms with E-state index in [4.69, 9.17) is 14.5 Å². The number of rotatable bonds is 6. The monoisotopic (exact) mass is 489 g/mol. The molecule has 0 fully saturated rings. The second-order valence-corrected chi connectivity index (χ2v) is 9.49. The van der Waals surface area contributed by atoms with Crippen LogP contribution >= 0.6 is 11.8 Å². The zero-order valence-corrected chi connectivity index (χ0v) is 20.1. The van der Waals surface area contributed by atoms with Gasteiger partial charge in [0.15, 0.2) is 11.9 Å². The Labute approximate surface area is 205 Å². The summed E-state index contributed by atoms with van der Waals surface area (Å²) in [7, 11) is 0. The van der Waals surface area contributed by atoms with Gasteiger partial charge in [0.2, 0.25) is 0 Å². The fourth-order valence-electron chi connectivity index (χ4n) is 4.08. The summed E-state index contributed by atoms with van der Waals surface area (Å²) in [5, 5.41) is 12.5. The minimum Gasteiger partial charge on any atom is -0.467 e. The maximum atomic E-state index is 13.5. The molecule has 9 heteroatoms. The van der Waals surface area contributed by atoms with E-state index >= 15 is 0 Å². The van der Waals surface area contributed by atoms with Gasteiger partial charge in [-0.2, -0.15) is 0 Å². The Morgan fingerprint density at radius 3 is 2.66 bits per heavy atom. The van der Waals surface area contributed by atoms with Crippen LogP contribution in [0.3, 0.4) is 0 Å². The standard InChI is InChI=1S/C26H23N3O5S/c1-16(2)17-7-9-20(10-8-17)28-25(30)22-5-3-4-6-23(22)27-26(28)35-14-19-12-21(29(31)32)11-18-13-33-15-34-24(18)19/h3-12,16H,13-15H2,1-2H3. The van der Waals surface area contributed by atoms with E-state index in [9.17, 15) is 14.9 Å². The van der Waals surface area contributed by atoms with Crippen LogP contribution in [0.15, 0.2) is 70.6 Å². The Kier molecular flexibility index (Phi) is 6.27. The molecule has 178 valence electrons.